The molecular weight excluding hydrogens is 330 g/mol. The predicted octanol–water partition coefficient (Wildman–Crippen LogP) is 3.27. The number of aromatic nitrogens is 2. The highest BCUT2D eigenvalue weighted by Crippen LogP contribution is 2.29. The van der Waals surface area contributed by atoms with Crippen LogP contribution in [0.2, 0.25) is 10.0 Å². The molecule has 0 bridgehead atoms. The van der Waals surface area contributed by atoms with Crippen molar-refractivity contribution in [1.82, 2.24) is 9.97 Å². The summed E-state index contributed by atoms with van der Waals surface area (Å²) < 4.78 is 37.3. The van der Waals surface area contributed by atoms with Crippen LogP contribution in [0.1, 0.15) is 17.0 Å². The largest absolute Gasteiger partial charge is 0.432 e. The van der Waals surface area contributed by atoms with Crippen molar-refractivity contribution in [2.75, 3.05) is 5.73 Å². The van der Waals surface area contributed by atoms with Gasteiger partial charge in [-0.25, -0.2) is 0 Å². The van der Waals surface area contributed by atoms with E-state index in [2.05, 4.69) is 4.98 Å². The summed E-state index contributed by atoms with van der Waals surface area (Å²) >= 11 is 11.7. The second-order valence-corrected chi connectivity index (χ2v) is 5.03. The van der Waals surface area contributed by atoms with E-state index in [-0.39, 0.29) is 27.8 Å². The summed E-state index contributed by atoms with van der Waals surface area (Å²) in [5.41, 5.74) is 4.06. The maximum atomic E-state index is 12.4. The van der Waals surface area contributed by atoms with Crippen LogP contribution in [0.15, 0.2) is 23.1 Å². The lowest BCUT2D eigenvalue weighted by atomic mass is 10.1. The van der Waals surface area contributed by atoms with E-state index in [1.807, 2.05) is 0 Å². The van der Waals surface area contributed by atoms with Crippen LogP contribution in [0, 0.1) is 0 Å². The summed E-state index contributed by atoms with van der Waals surface area (Å²) in [6.45, 7) is 0. The molecule has 0 aliphatic carbocycles. The summed E-state index contributed by atoms with van der Waals surface area (Å²) in [6.07, 6.45) is -4.16. The molecule has 0 atom stereocenters. The minimum Gasteiger partial charge on any atom is -0.398 e. The highest BCUT2D eigenvalue weighted by molar-refractivity contribution is 6.36. The first-order valence-electron chi connectivity index (χ1n) is 5.57. The van der Waals surface area contributed by atoms with E-state index < -0.39 is 17.4 Å². The van der Waals surface area contributed by atoms with Crippen molar-refractivity contribution < 1.29 is 13.2 Å². The van der Waals surface area contributed by atoms with Crippen LogP contribution in [-0.4, -0.2) is 9.97 Å². The number of halogens is 5. The van der Waals surface area contributed by atoms with Gasteiger partial charge in [0.25, 0.3) is 5.56 Å². The van der Waals surface area contributed by atoms with Gasteiger partial charge >= 0.3 is 6.18 Å². The van der Waals surface area contributed by atoms with Gasteiger partial charge in [0.15, 0.2) is 0 Å². The summed E-state index contributed by atoms with van der Waals surface area (Å²) in [5, 5.41) is 0.494. The Kier molecular flexibility index (Phi) is 4.15. The molecule has 9 heteroatoms. The number of aromatic amines is 1. The van der Waals surface area contributed by atoms with E-state index >= 15 is 0 Å². The maximum Gasteiger partial charge on any atom is 0.432 e. The van der Waals surface area contributed by atoms with Crippen LogP contribution >= 0.6 is 23.2 Å². The fourth-order valence-corrected chi connectivity index (χ4v) is 2.08. The summed E-state index contributed by atoms with van der Waals surface area (Å²) in [5.74, 6) is 0. The summed E-state index contributed by atoms with van der Waals surface area (Å²) in [6, 6.07) is 2.84. The molecule has 0 saturated heterocycles. The molecule has 0 fully saturated rings. The number of anilines is 1. The number of alkyl halides is 3. The lowest BCUT2D eigenvalue weighted by Crippen LogP contribution is -2.21. The first kappa shape index (κ1) is 15.7. The summed E-state index contributed by atoms with van der Waals surface area (Å²) in [7, 11) is 0. The molecule has 0 spiro atoms. The van der Waals surface area contributed by atoms with E-state index in [9.17, 15) is 18.0 Å². The van der Waals surface area contributed by atoms with Gasteiger partial charge in [-0.15, -0.1) is 0 Å². The maximum absolute atomic E-state index is 12.4. The number of hydrogen-bond acceptors (Lipinski definition) is 3. The zero-order valence-electron chi connectivity index (χ0n) is 10.3. The van der Waals surface area contributed by atoms with Gasteiger partial charge in [0.05, 0.1) is 16.9 Å². The molecule has 0 aliphatic rings. The predicted molar refractivity (Wildman–Crippen MR) is 73.5 cm³/mol. The molecule has 4 nitrogen and oxygen atoms in total. The van der Waals surface area contributed by atoms with E-state index in [1.165, 1.54) is 12.1 Å². The van der Waals surface area contributed by atoms with Crippen molar-refractivity contribution in [3.8, 4) is 0 Å². The van der Waals surface area contributed by atoms with Crippen molar-refractivity contribution in [3.63, 3.8) is 0 Å². The van der Waals surface area contributed by atoms with Gasteiger partial charge in [0.2, 0.25) is 0 Å². The molecule has 21 heavy (non-hydrogen) atoms. The number of rotatable bonds is 2. The van der Waals surface area contributed by atoms with Crippen LogP contribution in [0.5, 0.6) is 0 Å². The van der Waals surface area contributed by atoms with Gasteiger partial charge in [-0.2, -0.15) is 13.2 Å². The minimum absolute atomic E-state index is 0.0618. The first-order valence-corrected chi connectivity index (χ1v) is 6.33. The lowest BCUT2D eigenvalue weighted by molar-refractivity contribution is -0.141. The number of H-pyrrole nitrogens is 1. The molecule has 2 aromatic rings. The van der Waals surface area contributed by atoms with Gasteiger partial charge in [-0.3, -0.25) is 9.78 Å². The molecule has 2 rings (SSSR count). The minimum atomic E-state index is -4.66. The van der Waals surface area contributed by atoms with Crippen molar-refractivity contribution in [1.29, 1.82) is 0 Å². The molecule has 0 unspecified atom stereocenters. The van der Waals surface area contributed by atoms with Crippen LogP contribution < -0.4 is 11.3 Å². The topological polar surface area (TPSA) is 71.8 Å². The molecule has 1 aromatic carbocycles. The molecular formula is C12H8Cl2F3N3O. The van der Waals surface area contributed by atoms with Gasteiger partial charge in [-0.1, -0.05) is 23.2 Å². The van der Waals surface area contributed by atoms with Gasteiger partial charge in [0.1, 0.15) is 11.4 Å². The SMILES string of the molecule is Nc1cc(Cc2ncc(C(F)(F)F)[nH]c2=O)c(Cl)cc1Cl. The van der Waals surface area contributed by atoms with Crippen molar-refractivity contribution in [3.05, 3.63) is 55.7 Å². The fourth-order valence-electron chi connectivity index (χ4n) is 1.63. The van der Waals surface area contributed by atoms with Crippen molar-refractivity contribution >= 4 is 28.9 Å². The van der Waals surface area contributed by atoms with Gasteiger partial charge < -0.3 is 10.7 Å². The highest BCUT2D eigenvalue weighted by Gasteiger charge is 2.32. The number of nitrogens with two attached hydrogens (primary N) is 1. The third-order valence-electron chi connectivity index (χ3n) is 2.69. The molecule has 1 aromatic heterocycles. The average Bonchev–Trinajstić information content (AvgIpc) is 2.36. The second-order valence-electron chi connectivity index (χ2n) is 4.21. The van der Waals surface area contributed by atoms with Gasteiger partial charge in [0, 0.05) is 11.4 Å². The molecule has 3 N–H and O–H groups in total. The van der Waals surface area contributed by atoms with E-state index in [1.54, 1.807) is 4.98 Å². The van der Waals surface area contributed by atoms with Crippen molar-refractivity contribution in [2.24, 2.45) is 0 Å². The molecule has 0 amide bonds. The molecule has 0 radical (unpaired) electrons. The third-order valence-corrected chi connectivity index (χ3v) is 3.37. The summed E-state index contributed by atoms with van der Waals surface area (Å²) in [4.78, 5) is 16.9. The number of nitrogens with one attached hydrogen (secondary N) is 1. The Labute approximate surface area is 126 Å². The van der Waals surface area contributed by atoms with Crippen LogP contribution in [0.4, 0.5) is 18.9 Å². The zero-order chi connectivity index (χ0) is 15.8. The van der Waals surface area contributed by atoms with Crippen LogP contribution in [-0.2, 0) is 12.6 Å². The molecule has 0 saturated carbocycles. The number of benzene rings is 1. The standard InChI is InChI=1S/C12H8Cl2F3N3O/c13-6-3-7(14)8(18)1-5(6)2-9-11(21)20-10(4-19-9)12(15,16)17/h1,3-4H,2,18H2,(H,20,21). The monoisotopic (exact) mass is 337 g/mol. The van der Waals surface area contributed by atoms with Crippen LogP contribution in [0.25, 0.3) is 0 Å². The zero-order valence-corrected chi connectivity index (χ0v) is 11.8. The quantitative estimate of drug-likeness (QED) is 0.826. The highest BCUT2D eigenvalue weighted by atomic mass is 35.5. The van der Waals surface area contributed by atoms with Crippen LogP contribution in [0.3, 0.4) is 0 Å². The Hall–Kier alpha value is -1.73. The third kappa shape index (κ3) is 3.48. The Morgan fingerprint density at radius 3 is 2.48 bits per heavy atom. The van der Waals surface area contributed by atoms with E-state index in [4.69, 9.17) is 28.9 Å². The van der Waals surface area contributed by atoms with E-state index in [0.29, 0.717) is 11.8 Å². The lowest BCUT2D eigenvalue weighted by Gasteiger charge is -2.08. The van der Waals surface area contributed by atoms with E-state index in [0.717, 1.165) is 0 Å². The van der Waals surface area contributed by atoms with Crippen molar-refractivity contribution in [2.45, 2.75) is 12.6 Å². The van der Waals surface area contributed by atoms with Gasteiger partial charge in [-0.05, 0) is 17.7 Å². The molecule has 1 heterocycles. The molecule has 112 valence electrons. The number of hydrogen-bond donors (Lipinski definition) is 2. The molecule has 0 aliphatic heterocycles. The Morgan fingerprint density at radius 1 is 1.24 bits per heavy atom. The Morgan fingerprint density at radius 2 is 1.90 bits per heavy atom. The number of nitrogen functional groups attached to an aromatic ring is 1. The number of nitrogens with zero attached hydrogens (tertiary/aromatic N) is 1. The normalized spacial score (nSPS) is 11.7. The second kappa shape index (κ2) is 5.57. The Balaban J connectivity index is 2.37. The fraction of sp³-hybridized carbons (Fsp3) is 0.167. The first-order chi connectivity index (χ1) is 9.68. The Bertz CT molecular complexity index is 744. The average molecular weight is 338 g/mol. The smallest absolute Gasteiger partial charge is 0.398 e.